The first-order chi connectivity index (χ1) is 12.9. The highest BCUT2D eigenvalue weighted by atomic mass is 16.5. The van der Waals surface area contributed by atoms with Gasteiger partial charge in [-0.1, -0.05) is 6.07 Å². The van der Waals surface area contributed by atoms with E-state index in [1.807, 2.05) is 6.92 Å². The van der Waals surface area contributed by atoms with E-state index < -0.39 is 0 Å². The lowest BCUT2D eigenvalue weighted by Crippen LogP contribution is -2.23. The molecule has 1 aliphatic rings. The van der Waals surface area contributed by atoms with E-state index in [0.29, 0.717) is 23.5 Å². The SMILES string of the molecule is COc1cccc(C(=O)N/N=C2\CCCc3oc(C(=O)N(C)C)c(C)c32)c1. The monoisotopic (exact) mass is 369 g/mol. The zero-order valence-corrected chi connectivity index (χ0v) is 16.0. The normalized spacial score (nSPS) is 14.6. The van der Waals surface area contributed by atoms with E-state index in [0.717, 1.165) is 35.4 Å². The van der Waals surface area contributed by atoms with Gasteiger partial charge in [0.25, 0.3) is 11.8 Å². The Morgan fingerprint density at radius 1 is 1.26 bits per heavy atom. The van der Waals surface area contributed by atoms with Crippen LogP contribution in [0.1, 0.15) is 50.6 Å². The summed E-state index contributed by atoms with van der Waals surface area (Å²) in [7, 11) is 4.92. The molecule has 0 atom stereocenters. The Kier molecular flexibility index (Phi) is 5.30. The van der Waals surface area contributed by atoms with Crippen LogP contribution in [0.5, 0.6) is 5.75 Å². The van der Waals surface area contributed by atoms with Crippen molar-refractivity contribution in [3.05, 3.63) is 52.5 Å². The van der Waals surface area contributed by atoms with Gasteiger partial charge in [-0.3, -0.25) is 9.59 Å². The number of nitrogens with one attached hydrogen (secondary N) is 1. The second-order valence-electron chi connectivity index (χ2n) is 6.64. The second-order valence-corrected chi connectivity index (χ2v) is 6.64. The quantitative estimate of drug-likeness (QED) is 0.840. The number of carbonyl (C=O) groups excluding carboxylic acids is 2. The molecule has 1 heterocycles. The first-order valence-corrected chi connectivity index (χ1v) is 8.77. The van der Waals surface area contributed by atoms with Crippen molar-refractivity contribution in [1.82, 2.24) is 10.3 Å². The molecule has 27 heavy (non-hydrogen) atoms. The molecule has 1 aliphatic carbocycles. The van der Waals surface area contributed by atoms with Crippen LogP contribution in [0.3, 0.4) is 0 Å². The number of ether oxygens (including phenoxy) is 1. The third-order valence-corrected chi connectivity index (χ3v) is 4.55. The predicted molar refractivity (Wildman–Crippen MR) is 101 cm³/mol. The number of hydrogen-bond acceptors (Lipinski definition) is 5. The van der Waals surface area contributed by atoms with Crippen LogP contribution in [0.2, 0.25) is 0 Å². The minimum atomic E-state index is -0.320. The van der Waals surface area contributed by atoms with Gasteiger partial charge in [0, 0.05) is 37.2 Å². The van der Waals surface area contributed by atoms with Gasteiger partial charge in [0.05, 0.1) is 12.8 Å². The first-order valence-electron chi connectivity index (χ1n) is 8.77. The molecule has 0 bridgehead atoms. The molecule has 142 valence electrons. The van der Waals surface area contributed by atoms with Gasteiger partial charge in [-0.2, -0.15) is 5.10 Å². The Labute approximate surface area is 158 Å². The Bertz CT molecular complexity index is 912. The number of benzene rings is 1. The van der Waals surface area contributed by atoms with E-state index in [1.54, 1.807) is 45.5 Å². The van der Waals surface area contributed by atoms with Crippen molar-refractivity contribution in [2.24, 2.45) is 5.10 Å². The summed E-state index contributed by atoms with van der Waals surface area (Å²) in [6.45, 7) is 1.85. The Balaban J connectivity index is 1.87. The van der Waals surface area contributed by atoms with E-state index in [9.17, 15) is 9.59 Å². The highest BCUT2D eigenvalue weighted by Gasteiger charge is 2.28. The largest absolute Gasteiger partial charge is 0.497 e. The summed E-state index contributed by atoms with van der Waals surface area (Å²) in [5, 5.41) is 4.33. The lowest BCUT2D eigenvalue weighted by molar-refractivity contribution is 0.0793. The molecular weight excluding hydrogens is 346 g/mol. The number of nitrogens with zero attached hydrogens (tertiary/aromatic N) is 2. The molecule has 0 saturated heterocycles. The van der Waals surface area contributed by atoms with E-state index in [1.165, 1.54) is 4.90 Å². The van der Waals surface area contributed by atoms with Crippen molar-refractivity contribution in [3.63, 3.8) is 0 Å². The maximum Gasteiger partial charge on any atom is 0.289 e. The van der Waals surface area contributed by atoms with Crippen LogP contribution in [-0.4, -0.2) is 43.6 Å². The molecule has 1 aromatic heterocycles. The molecular formula is C20H23N3O4. The average molecular weight is 369 g/mol. The van der Waals surface area contributed by atoms with Crippen molar-refractivity contribution < 1.29 is 18.7 Å². The fourth-order valence-electron chi connectivity index (χ4n) is 3.13. The van der Waals surface area contributed by atoms with E-state index in [-0.39, 0.29) is 11.8 Å². The number of carbonyl (C=O) groups is 2. The van der Waals surface area contributed by atoms with Crippen molar-refractivity contribution in [2.45, 2.75) is 26.2 Å². The Morgan fingerprint density at radius 2 is 2.04 bits per heavy atom. The van der Waals surface area contributed by atoms with Crippen molar-refractivity contribution in [2.75, 3.05) is 21.2 Å². The number of rotatable bonds is 4. The van der Waals surface area contributed by atoms with Gasteiger partial charge in [0.1, 0.15) is 11.5 Å². The minimum Gasteiger partial charge on any atom is -0.497 e. The molecule has 7 nitrogen and oxygen atoms in total. The molecule has 0 saturated carbocycles. The number of hydrazone groups is 1. The summed E-state index contributed by atoms with van der Waals surface area (Å²) in [5.41, 5.74) is 5.39. The minimum absolute atomic E-state index is 0.179. The van der Waals surface area contributed by atoms with Gasteiger partial charge in [-0.05, 0) is 38.0 Å². The number of hydrogen-bond donors (Lipinski definition) is 1. The van der Waals surface area contributed by atoms with Crippen LogP contribution >= 0.6 is 0 Å². The number of furan rings is 1. The third kappa shape index (κ3) is 3.72. The molecule has 3 rings (SSSR count). The molecule has 0 fully saturated rings. The Morgan fingerprint density at radius 3 is 2.74 bits per heavy atom. The Hall–Kier alpha value is -3.09. The summed E-state index contributed by atoms with van der Waals surface area (Å²) in [6, 6.07) is 6.87. The van der Waals surface area contributed by atoms with Crippen LogP contribution in [0.15, 0.2) is 33.8 Å². The topological polar surface area (TPSA) is 84.1 Å². The number of aryl methyl sites for hydroxylation is 1. The van der Waals surface area contributed by atoms with Crippen LogP contribution in [-0.2, 0) is 6.42 Å². The van der Waals surface area contributed by atoms with Crippen LogP contribution in [0, 0.1) is 6.92 Å². The predicted octanol–water partition coefficient (Wildman–Crippen LogP) is 2.77. The zero-order valence-electron chi connectivity index (χ0n) is 16.0. The maximum absolute atomic E-state index is 12.4. The summed E-state index contributed by atoms with van der Waals surface area (Å²) < 4.78 is 11.0. The molecule has 1 N–H and O–H groups in total. The van der Waals surface area contributed by atoms with E-state index >= 15 is 0 Å². The fraction of sp³-hybridized carbons (Fsp3) is 0.350. The second kappa shape index (κ2) is 7.65. The van der Waals surface area contributed by atoms with Gasteiger partial charge in [0.2, 0.25) is 0 Å². The summed E-state index contributed by atoms with van der Waals surface area (Å²) in [4.78, 5) is 26.2. The van der Waals surface area contributed by atoms with Gasteiger partial charge in [0.15, 0.2) is 5.76 Å². The van der Waals surface area contributed by atoms with Gasteiger partial charge < -0.3 is 14.1 Å². The van der Waals surface area contributed by atoms with Crippen molar-refractivity contribution in [1.29, 1.82) is 0 Å². The lowest BCUT2D eigenvalue weighted by atomic mass is 9.93. The first kappa shape index (κ1) is 18.7. The van der Waals surface area contributed by atoms with Crippen LogP contribution < -0.4 is 10.2 Å². The van der Waals surface area contributed by atoms with E-state index in [4.69, 9.17) is 9.15 Å². The standard InChI is InChI=1S/C20H23N3O4/c1-12-17-15(9-6-10-16(17)27-18(12)20(25)23(2)3)21-22-19(24)13-7-5-8-14(11-13)26-4/h5,7-8,11H,6,9-10H2,1-4H3,(H,22,24)/b21-15+. The molecule has 0 unspecified atom stereocenters. The summed E-state index contributed by atoms with van der Waals surface area (Å²) >= 11 is 0. The molecule has 7 heteroatoms. The number of amides is 2. The van der Waals surface area contributed by atoms with Gasteiger partial charge >= 0.3 is 0 Å². The molecule has 0 radical (unpaired) electrons. The average Bonchev–Trinajstić information content (AvgIpc) is 3.02. The lowest BCUT2D eigenvalue weighted by Gasteiger charge is -2.13. The van der Waals surface area contributed by atoms with Crippen molar-refractivity contribution >= 4 is 17.5 Å². The zero-order chi connectivity index (χ0) is 19.6. The van der Waals surface area contributed by atoms with Crippen molar-refractivity contribution in [3.8, 4) is 5.75 Å². The number of methoxy groups -OCH3 is 1. The van der Waals surface area contributed by atoms with Crippen LogP contribution in [0.4, 0.5) is 0 Å². The van der Waals surface area contributed by atoms with Crippen LogP contribution in [0.25, 0.3) is 0 Å². The number of fused-ring (bicyclic) bond motifs is 1. The smallest absolute Gasteiger partial charge is 0.289 e. The van der Waals surface area contributed by atoms with Gasteiger partial charge in [-0.15, -0.1) is 0 Å². The maximum atomic E-state index is 12.4. The summed E-state index contributed by atoms with van der Waals surface area (Å²) in [5.74, 6) is 1.19. The molecule has 2 amide bonds. The summed E-state index contributed by atoms with van der Waals surface area (Å²) in [6.07, 6.45) is 2.31. The van der Waals surface area contributed by atoms with E-state index in [2.05, 4.69) is 10.5 Å². The third-order valence-electron chi connectivity index (χ3n) is 4.55. The highest BCUT2D eigenvalue weighted by molar-refractivity contribution is 6.07. The molecule has 1 aromatic carbocycles. The fourth-order valence-corrected chi connectivity index (χ4v) is 3.13. The highest BCUT2D eigenvalue weighted by Crippen LogP contribution is 2.30. The molecule has 0 aliphatic heterocycles. The van der Waals surface area contributed by atoms with Gasteiger partial charge in [-0.25, -0.2) is 5.43 Å². The molecule has 2 aromatic rings. The molecule has 0 spiro atoms.